The van der Waals surface area contributed by atoms with E-state index >= 15 is 0 Å². The van der Waals surface area contributed by atoms with Crippen LogP contribution in [0.1, 0.15) is 26.3 Å². The summed E-state index contributed by atoms with van der Waals surface area (Å²) < 4.78 is 29.3. The van der Waals surface area contributed by atoms with Crippen molar-refractivity contribution in [2.75, 3.05) is 24.7 Å². The maximum absolute atomic E-state index is 12.8. The minimum atomic E-state index is -3.11. The highest BCUT2D eigenvalue weighted by Gasteiger charge is 2.32. The van der Waals surface area contributed by atoms with Crippen LogP contribution in [0.3, 0.4) is 0 Å². The predicted octanol–water partition coefficient (Wildman–Crippen LogP) is 1.91. The smallest absolute Gasteiger partial charge is 0.229 e. The number of hydrogen-bond donors (Lipinski definition) is 0. The largest absolute Gasteiger partial charge is 0.492 e. The van der Waals surface area contributed by atoms with Crippen molar-refractivity contribution >= 4 is 15.7 Å². The lowest BCUT2D eigenvalue weighted by molar-refractivity contribution is -0.138. The van der Waals surface area contributed by atoms with Gasteiger partial charge in [0.2, 0.25) is 5.91 Å². The minimum absolute atomic E-state index is 0.00719. The summed E-state index contributed by atoms with van der Waals surface area (Å²) in [5.74, 6) is 0.662. The number of nitrogens with zero attached hydrogens (tertiary/aromatic N) is 1. The number of hydrogen-bond acceptors (Lipinski definition) is 4. The van der Waals surface area contributed by atoms with E-state index in [-0.39, 0.29) is 29.4 Å². The highest BCUT2D eigenvalue weighted by molar-refractivity contribution is 7.91. The quantitative estimate of drug-likeness (QED) is 0.794. The average molecular weight is 339 g/mol. The van der Waals surface area contributed by atoms with Gasteiger partial charge in [-0.3, -0.25) is 4.79 Å². The number of para-hydroxylation sites is 1. The third-order valence-corrected chi connectivity index (χ3v) is 6.19. The maximum atomic E-state index is 12.8. The fraction of sp³-hybridized carbons (Fsp3) is 0.588. The molecule has 0 aliphatic carbocycles. The molecule has 1 aliphatic heterocycles. The molecule has 1 aromatic carbocycles. The molecule has 1 heterocycles. The Morgan fingerprint density at radius 3 is 2.70 bits per heavy atom. The average Bonchev–Trinajstić information content (AvgIpc) is 2.54. The Hall–Kier alpha value is -1.56. The summed E-state index contributed by atoms with van der Waals surface area (Å²) in [6.45, 7) is 6.15. The number of rotatable bonds is 6. The summed E-state index contributed by atoms with van der Waals surface area (Å²) in [6.07, 6.45) is 0.638. The molecule has 0 radical (unpaired) electrons. The SMILES string of the molecule is CCN(C(=O)[C@@H]1COc2ccccc2C1)[C@@H](C)CS(=O)(=O)CC. The van der Waals surface area contributed by atoms with Crippen molar-refractivity contribution in [2.24, 2.45) is 5.92 Å². The monoisotopic (exact) mass is 339 g/mol. The number of carbonyl (C=O) groups excluding carboxylic acids is 1. The maximum Gasteiger partial charge on any atom is 0.229 e. The molecule has 2 atom stereocenters. The summed E-state index contributed by atoms with van der Waals surface area (Å²) >= 11 is 0. The first-order chi connectivity index (χ1) is 10.9. The molecule has 0 saturated carbocycles. The molecule has 0 unspecified atom stereocenters. The van der Waals surface area contributed by atoms with Gasteiger partial charge in [-0.05, 0) is 31.9 Å². The topological polar surface area (TPSA) is 63.7 Å². The number of sulfone groups is 1. The zero-order valence-corrected chi connectivity index (χ0v) is 14.8. The third-order valence-electron chi connectivity index (χ3n) is 4.32. The lowest BCUT2D eigenvalue weighted by Gasteiger charge is -2.33. The first kappa shape index (κ1) is 17.8. The van der Waals surface area contributed by atoms with Crippen LogP contribution in [-0.2, 0) is 21.1 Å². The van der Waals surface area contributed by atoms with Crippen LogP contribution in [0.25, 0.3) is 0 Å². The van der Waals surface area contributed by atoms with Gasteiger partial charge in [-0.25, -0.2) is 8.42 Å². The van der Waals surface area contributed by atoms with E-state index in [2.05, 4.69) is 0 Å². The van der Waals surface area contributed by atoms with E-state index < -0.39 is 9.84 Å². The minimum Gasteiger partial charge on any atom is -0.492 e. The number of carbonyl (C=O) groups is 1. The molecule has 1 aliphatic rings. The van der Waals surface area contributed by atoms with E-state index in [1.165, 1.54) is 0 Å². The van der Waals surface area contributed by atoms with Crippen molar-refractivity contribution in [2.45, 2.75) is 33.2 Å². The van der Waals surface area contributed by atoms with Gasteiger partial charge in [0.25, 0.3) is 0 Å². The van der Waals surface area contributed by atoms with Crippen molar-refractivity contribution in [1.29, 1.82) is 0 Å². The summed E-state index contributed by atoms with van der Waals surface area (Å²) in [5, 5.41) is 0. The molecule has 1 aromatic rings. The van der Waals surface area contributed by atoms with Gasteiger partial charge in [0.05, 0.1) is 11.7 Å². The zero-order valence-electron chi connectivity index (χ0n) is 14.0. The van der Waals surface area contributed by atoms with Crippen LogP contribution < -0.4 is 4.74 Å². The van der Waals surface area contributed by atoms with Crippen molar-refractivity contribution < 1.29 is 17.9 Å². The first-order valence-corrected chi connectivity index (χ1v) is 9.91. The van der Waals surface area contributed by atoms with Crippen LogP contribution in [0.4, 0.5) is 0 Å². The number of ether oxygens (including phenoxy) is 1. The Labute approximate surface area is 138 Å². The van der Waals surface area contributed by atoms with Gasteiger partial charge < -0.3 is 9.64 Å². The van der Waals surface area contributed by atoms with Gasteiger partial charge in [0.1, 0.15) is 12.4 Å². The Balaban J connectivity index is 2.09. The molecular weight excluding hydrogens is 314 g/mol. The fourth-order valence-electron chi connectivity index (χ4n) is 2.98. The highest BCUT2D eigenvalue weighted by atomic mass is 32.2. The fourth-order valence-corrected chi connectivity index (χ4v) is 4.13. The second-order valence-electron chi connectivity index (χ2n) is 5.99. The summed E-state index contributed by atoms with van der Waals surface area (Å²) in [4.78, 5) is 14.5. The van der Waals surface area contributed by atoms with Gasteiger partial charge in [-0.1, -0.05) is 25.1 Å². The van der Waals surface area contributed by atoms with Gasteiger partial charge in [-0.15, -0.1) is 0 Å². The van der Waals surface area contributed by atoms with Gasteiger partial charge in [0, 0.05) is 18.3 Å². The molecule has 0 N–H and O–H groups in total. The lowest BCUT2D eigenvalue weighted by Crippen LogP contribution is -2.47. The van der Waals surface area contributed by atoms with Crippen LogP contribution in [0, 0.1) is 5.92 Å². The van der Waals surface area contributed by atoms with Crippen molar-refractivity contribution in [3.63, 3.8) is 0 Å². The second kappa shape index (κ2) is 7.34. The van der Waals surface area contributed by atoms with E-state index in [0.29, 0.717) is 19.6 Å². The summed E-state index contributed by atoms with van der Waals surface area (Å²) in [5.41, 5.74) is 1.03. The molecule has 5 nitrogen and oxygen atoms in total. The Kier molecular flexibility index (Phi) is 5.68. The Morgan fingerprint density at radius 2 is 2.04 bits per heavy atom. The van der Waals surface area contributed by atoms with Crippen molar-refractivity contribution in [3.8, 4) is 5.75 Å². The molecule has 0 bridgehead atoms. The van der Waals surface area contributed by atoms with Gasteiger partial charge >= 0.3 is 0 Å². The molecule has 1 amide bonds. The highest BCUT2D eigenvalue weighted by Crippen LogP contribution is 2.28. The predicted molar refractivity (Wildman–Crippen MR) is 90.3 cm³/mol. The van der Waals surface area contributed by atoms with Crippen molar-refractivity contribution in [3.05, 3.63) is 29.8 Å². The zero-order chi connectivity index (χ0) is 17.0. The van der Waals surface area contributed by atoms with Crippen LogP contribution >= 0.6 is 0 Å². The first-order valence-electron chi connectivity index (χ1n) is 8.09. The van der Waals surface area contributed by atoms with E-state index in [1.54, 1.807) is 18.7 Å². The summed E-state index contributed by atoms with van der Waals surface area (Å²) in [6, 6.07) is 7.40. The Bertz CT molecular complexity index is 656. The van der Waals surface area contributed by atoms with Crippen LogP contribution in [-0.4, -0.2) is 49.9 Å². The van der Waals surface area contributed by atoms with Crippen LogP contribution in [0.5, 0.6) is 5.75 Å². The van der Waals surface area contributed by atoms with E-state index in [0.717, 1.165) is 11.3 Å². The van der Waals surface area contributed by atoms with Crippen molar-refractivity contribution in [1.82, 2.24) is 4.90 Å². The van der Waals surface area contributed by atoms with Gasteiger partial charge in [0.15, 0.2) is 9.84 Å². The van der Waals surface area contributed by atoms with Crippen LogP contribution in [0.15, 0.2) is 24.3 Å². The Morgan fingerprint density at radius 1 is 1.35 bits per heavy atom. The standard InChI is InChI=1S/C17H25NO4S/c1-4-18(13(3)12-23(20,21)5-2)17(19)15-10-14-8-6-7-9-16(14)22-11-15/h6-9,13,15H,4-5,10-12H2,1-3H3/t13-,15-/m0/s1. The number of fused-ring (bicyclic) bond motifs is 1. The molecule has 0 aromatic heterocycles. The van der Waals surface area contributed by atoms with Crippen LogP contribution in [0.2, 0.25) is 0 Å². The normalized spacial score (nSPS) is 18.7. The second-order valence-corrected chi connectivity index (χ2v) is 8.39. The molecule has 0 saturated heterocycles. The molecule has 6 heteroatoms. The molecule has 0 fully saturated rings. The molecular formula is C17H25NO4S. The molecule has 128 valence electrons. The molecule has 2 rings (SSSR count). The molecule has 23 heavy (non-hydrogen) atoms. The number of benzene rings is 1. The number of amides is 1. The van der Waals surface area contributed by atoms with E-state index in [4.69, 9.17) is 4.74 Å². The molecule has 0 spiro atoms. The lowest BCUT2D eigenvalue weighted by atomic mass is 9.95. The van der Waals surface area contributed by atoms with E-state index in [9.17, 15) is 13.2 Å². The summed E-state index contributed by atoms with van der Waals surface area (Å²) in [7, 11) is -3.11. The third kappa shape index (κ3) is 4.25. The van der Waals surface area contributed by atoms with E-state index in [1.807, 2.05) is 31.2 Å². The van der Waals surface area contributed by atoms with Gasteiger partial charge in [-0.2, -0.15) is 0 Å².